The number of hydrogen-bond acceptors (Lipinski definition) is 3. The number of rotatable bonds is 10. The van der Waals surface area contributed by atoms with Crippen molar-refractivity contribution in [3.05, 3.63) is 0 Å². The number of nitrogens with zero attached hydrogens (tertiary/aromatic N) is 2. The summed E-state index contributed by atoms with van der Waals surface area (Å²) in [4.78, 5) is 6.98. The average Bonchev–Trinajstić information content (AvgIpc) is 3.15. The highest BCUT2D eigenvalue weighted by atomic mass is 127. The van der Waals surface area contributed by atoms with Gasteiger partial charge in [0, 0.05) is 39.9 Å². The maximum atomic E-state index is 5.34. The molecule has 2 fully saturated rings. The minimum absolute atomic E-state index is 0. The van der Waals surface area contributed by atoms with Crippen LogP contribution in [0.25, 0.3) is 0 Å². The summed E-state index contributed by atoms with van der Waals surface area (Å²) in [6.07, 6.45) is 14.7. The third-order valence-corrected chi connectivity index (χ3v) is 6.53. The number of hydrogen-bond donors (Lipinski definition) is 2. The summed E-state index contributed by atoms with van der Waals surface area (Å²) >= 11 is 0. The lowest BCUT2D eigenvalue weighted by atomic mass is 9.83. The first-order valence-corrected chi connectivity index (χ1v) is 10.8. The van der Waals surface area contributed by atoms with E-state index in [0.717, 1.165) is 38.1 Å². The van der Waals surface area contributed by atoms with E-state index in [2.05, 4.69) is 27.6 Å². The fourth-order valence-corrected chi connectivity index (χ4v) is 4.69. The zero-order valence-electron chi connectivity index (χ0n) is 17.9. The van der Waals surface area contributed by atoms with Crippen molar-refractivity contribution < 1.29 is 4.74 Å². The summed E-state index contributed by atoms with van der Waals surface area (Å²) in [5.74, 6) is 0.953. The van der Waals surface area contributed by atoms with Gasteiger partial charge in [-0.2, -0.15) is 0 Å². The molecule has 0 spiro atoms. The molecule has 0 unspecified atom stereocenters. The minimum Gasteiger partial charge on any atom is -0.385 e. The Bertz CT molecular complexity index is 407. The lowest BCUT2D eigenvalue weighted by Gasteiger charge is -2.31. The Morgan fingerprint density at radius 3 is 2.44 bits per heavy atom. The van der Waals surface area contributed by atoms with Crippen molar-refractivity contribution in [3.8, 4) is 0 Å². The van der Waals surface area contributed by atoms with Gasteiger partial charge in [-0.3, -0.25) is 4.99 Å². The highest BCUT2D eigenvalue weighted by Gasteiger charge is 2.33. The van der Waals surface area contributed by atoms with Crippen LogP contribution in [-0.2, 0) is 4.74 Å². The van der Waals surface area contributed by atoms with Crippen LogP contribution in [0, 0.1) is 5.41 Å². The third-order valence-electron chi connectivity index (χ3n) is 6.53. The van der Waals surface area contributed by atoms with Crippen LogP contribution in [-0.4, -0.2) is 64.3 Å². The van der Waals surface area contributed by atoms with E-state index in [4.69, 9.17) is 4.74 Å². The van der Waals surface area contributed by atoms with E-state index >= 15 is 0 Å². The smallest absolute Gasteiger partial charge is 0.190 e. The molecule has 5 nitrogen and oxygen atoms in total. The van der Waals surface area contributed by atoms with Crippen LogP contribution in [0.15, 0.2) is 4.99 Å². The normalized spacial score (nSPS) is 20.5. The summed E-state index contributed by atoms with van der Waals surface area (Å²) in [6.45, 7) is 4.04. The number of methoxy groups -OCH3 is 1. The number of halogens is 1. The molecular weight excluding hydrogens is 451 g/mol. The quantitative estimate of drug-likeness (QED) is 0.209. The van der Waals surface area contributed by atoms with E-state index in [9.17, 15) is 0 Å². The first kappa shape index (κ1) is 25.0. The van der Waals surface area contributed by atoms with Crippen molar-refractivity contribution >= 4 is 29.9 Å². The maximum absolute atomic E-state index is 5.34. The van der Waals surface area contributed by atoms with Crippen molar-refractivity contribution in [2.24, 2.45) is 10.4 Å². The lowest BCUT2D eigenvalue weighted by Crippen LogP contribution is -2.44. The van der Waals surface area contributed by atoms with Gasteiger partial charge in [-0.25, -0.2) is 0 Å². The molecule has 2 N–H and O–H groups in total. The van der Waals surface area contributed by atoms with Crippen molar-refractivity contribution in [2.45, 2.75) is 76.7 Å². The molecular formula is C21H43IN4O. The zero-order chi connectivity index (χ0) is 18.7. The molecule has 27 heavy (non-hydrogen) atoms. The topological polar surface area (TPSA) is 48.9 Å². The second-order valence-electron chi connectivity index (χ2n) is 8.43. The Hall–Kier alpha value is -0.0800. The van der Waals surface area contributed by atoms with Gasteiger partial charge in [-0.15, -0.1) is 24.0 Å². The molecule has 6 heteroatoms. The van der Waals surface area contributed by atoms with Gasteiger partial charge in [0.25, 0.3) is 0 Å². The van der Waals surface area contributed by atoms with Gasteiger partial charge < -0.3 is 20.3 Å². The summed E-state index contributed by atoms with van der Waals surface area (Å²) in [6, 6.07) is 0.809. The third kappa shape index (κ3) is 8.86. The molecule has 0 radical (unpaired) electrons. The molecule has 0 amide bonds. The van der Waals surface area contributed by atoms with Crippen molar-refractivity contribution in [1.82, 2.24) is 15.5 Å². The van der Waals surface area contributed by atoms with Crippen LogP contribution in [0.3, 0.4) is 0 Å². The fraction of sp³-hybridized carbons (Fsp3) is 0.952. The molecule has 2 rings (SSSR count). The van der Waals surface area contributed by atoms with E-state index in [0.29, 0.717) is 5.41 Å². The molecule has 0 bridgehead atoms. The minimum atomic E-state index is 0. The summed E-state index contributed by atoms with van der Waals surface area (Å²) in [7, 11) is 5.98. The number of guanidine groups is 1. The molecule has 0 atom stereocenters. The Balaban J connectivity index is 0.00000364. The molecule has 2 aliphatic rings. The van der Waals surface area contributed by atoms with Crippen LogP contribution in [0.5, 0.6) is 0 Å². The van der Waals surface area contributed by atoms with Crippen LogP contribution in [0.2, 0.25) is 0 Å². The van der Waals surface area contributed by atoms with E-state index in [1.165, 1.54) is 70.8 Å². The SMILES string of the molecule is CN=C(NCCCN(C)C1CCCCC1)NCC1(CCOC)CCCC1.I. The Kier molecular flexibility index (Phi) is 12.9. The van der Waals surface area contributed by atoms with Crippen molar-refractivity contribution in [2.75, 3.05) is 47.4 Å². The summed E-state index contributed by atoms with van der Waals surface area (Å²) in [5, 5.41) is 7.09. The molecule has 0 aromatic heterocycles. The molecule has 0 aliphatic heterocycles. The van der Waals surface area contributed by atoms with E-state index in [1.807, 2.05) is 7.05 Å². The highest BCUT2D eigenvalue weighted by molar-refractivity contribution is 14.0. The largest absolute Gasteiger partial charge is 0.385 e. The second kappa shape index (κ2) is 14.0. The van der Waals surface area contributed by atoms with Gasteiger partial charge in [0.2, 0.25) is 0 Å². The zero-order valence-corrected chi connectivity index (χ0v) is 20.2. The van der Waals surface area contributed by atoms with Crippen molar-refractivity contribution in [1.29, 1.82) is 0 Å². The molecule has 2 aliphatic carbocycles. The molecule has 2 saturated carbocycles. The number of ether oxygens (including phenoxy) is 1. The van der Waals surface area contributed by atoms with Gasteiger partial charge in [0.15, 0.2) is 5.96 Å². The Labute approximate surface area is 184 Å². The molecule has 160 valence electrons. The number of aliphatic imine (C=N–C) groups is 1. The van der Waals surface area contributed by atoms with Crippen LogP contribution in [0.1, 0.15) is 70.6 Å². The van der Waals surface area contributed by atoms with Gasteiger partial charge >= 0.3 is 0 Å². The predicted molar refractivity (Wildman–Crippen MR) is 126 cm³/mol. The van der Waals surface area contributed by atoms with Crippen LogP contribution in [0.4, 0.5) is 0 Å². The standard InChI is InChI=1S/C21H42N4O.HI/c1-22-20(24-18-21(14-17-26-3)12-7-8-13-21)23-15-9-16-25(2)19-10-5-4-6-11-19;/h19H,4-18H2,1-3H3,(H2,22,23,24);1H. The molecule has 0 aromatic carbocycles. The van der Waals surface area contributed by atoms with E-state index in [-0.39, 0.29) is 24.0 Å². The molecule has 0 aromatic rings. The first-order valence-electron chi connectivity index (χ1n) is 10.8. The monoisotopic (exact) mass is 494 g/mol. The highest BCUT2D eigenvalue weighted by Crippen LogP contribution is 2.40. The Morgan fingerprint density at radius 2 is 1.81 bits per heavy atom. The van der Waals surface area contributed by atoms with E-state index in [1.54, 1.807) is 7.11 Å². The molecule has 0 saturated heterocycles. The number of nitrogens with one attached hydrogen (secondary N) is 2. The van der Waals surface area contributed by atoms with Gasteiger partial charge in [-0.1, -0.05) is 32.1 Å². The van der Waals surface area contributed by atoms with Crippen LogP contribution < -0.4 is 10.6 Å². The fourth-order valence-electron chi connectivity index (χ4n) is 4.69. The van der Waals surface area contributed by atoms with Gasteiger partial charge in [0.1, 0.15) is 0 Å². The second-order valence-corrected chi connectivity index (χ2v) is 8.43. The Morgan fingerprint density at radius 1 is 1.11 bits per heavy atom. The summed E-state index contributed by atoms with van der Waals surface area (Å²) in [5.41, 5.74) is 0.398. The van der Waals surface area contributed by atoms with Crippen molar-refractivity contribution in [3.63, 3.8) is 0 Å². The van der Waals surface area contributed by atoms with Gasteiger partial charge in [-0.05, 0) is 57.5 Å². The first-order chi connectivity index (χ1) is 12.7. The van der Waals surface area contributed by atoms with E-state index < -0.39 is 0 Å². The van der Waals surface area contributed by atoms with Gasteiger partial charge in [0.05, 0.1) is 0 Å². The lowest BCUT2D eigenvalue weighted by molar-refractivity contribution is 0.138. The average molecular weight is 495 g/mol. The molecule has 0 heterocycles. The maximum Gasteiger partial charge on any atom is 0.190 e. The summed E-state index contributed by atoms with van der Waals surface area (Å²) < 4.78 is 5.34. The predicted octanol–water partition coefficient (Wildman–Crippen LogP) is 4.02. The van der Waals surface area contributed by atoms with Crippen LogP contribution >= 0.6 is 24.0 Å².